The first-order valence-electron chi connectivity index (χ1n) is 6.51. The van der Waals surface area contributed by atoms with E-state index < -0.39 is 0 Å². The van der Waals surface area contributed by atoms with Crippen LogP contribution in [0.2, 0.25) is 0 Å². The van der Waals surface area contributed by atoms with Gasteiger partial charge in [0.15, 0.2) is 0 Å². The van der Waals surface area contributed by atoms with Gasteiger partial charge in [-0.2, -0.15) is 0 Å². The van der Waals surface area contributed by atoms with Crippen LogP contribution < -0.4 is 5.32 Å². The summed E-state index contributed by atoms with van der Waals surface area (Å²) < 4.78 is 1.24. The van der Waals surface area contributed by atoms with Gasteiger partial charge in [0.2, 0.25) is 0 Å². The second-order valence-electron chi connectivity index (χ2n) is 5.02. The fraction of sp³-hybridized carbons (Fsp3) is 0.375. The van der Waals surface area contributed by atoms with Crippen LogP contribution in [0.3, 0.4) is 0 Å². The van der Waals surface area contributed by atoms with Gasteiger partial charge in [-0.1, -0.05) is 18.2 Å². The largest absolute Gasteiger partial charge is 0.312 e. The molecule has 1 aromatic heterocycles. The molecule has 1 aromatic carbocycles. The Morgan fingerprint density at radius 3 is 2.26 bits per heavy atom. The average molecular weight is 338 g/mol. The minimum absolute atomic E-state index is 0.384. The van der Waals surface area contributed by atoms with Crippen LogP contribution >= 0.6 is 27.3 Å². The highest BCUT2D eigenvalue weighted by Crippen LogP contribution is 2.33. The van der Waals surface area contributed by atoms with Crippen molar-refractivity contribution in [3.05, 3.63) is 55.2 Å². The van der Waals surface area contributed by atoms with E-state index >= 15 is 0 Å². The molecular weight excluding hydrogens is 318 g/mol. The van der Waals surface area contributed by atoms with Gasteiger partial charge in [0.05, 0.1) is 3.79 Å². The average Bonchev–Trinajstić information content (AvgIpc) is 2.69. The number of rotatable bonds is 4. The summed E-state index contributed by atoms with van der Waals surface area (Å²) in [7, 11) is 2.04. The molecule has 0 spiro atoms. The smallest absolute Gasteiger partial charge is 0.0731 e. The minimum Gasteiger partial charge on any atom is -0.312 e. The van der Waals surface area contributed by atoms with Crippen molar-refractivity contribution in [3.8, 4) is 0 Å². The molecule has 0 aliphatic heterocycles. The van der Waals surface area contributed by atoms with Crippen molar-refractivity contribution in [1.82, 2.24) is 5.32 Å². The van der Waals surface area contributed by atoms with Gasteiger partial charge in [-0.25, -0.2) is 0 Å². The summed E-state index contributed by atoms with van der Waals surface area (Å²) >= 11 is 5.45. The summed E-state index contributed by atoms with van der Waals surface area (Å²) in [5.41, 5.74) is 5.55. The number of hydrogen-bond acceptors (Lipinski definition) is 2. The Morgan fingerprint density at radius 2 is 1.79 bits per heavy atom. The molecule has 0 saturated heterocycles. The Balaban J connectivity index is 2.29. The van der Waals surface area contributed by atoms with Crippen LogP contribution in [0.25, 0.3) is 0 Å². The zero-order chi connectivity index (χ0) is 14.0. The van der Waals surface area contributed by atoms with Crippen molar-refractivity contribution in [2.75, 3.05) is 7.05 Å². The normalized spacial score (nSPS) is 12.7. The van der Waals surface area contributed by atoms with Crippen LogP contribution in [-0.4, -0.2) is 7.05 Å². The maximum absolute atomic E-state index is 3.62. The van der Waals surface area contributed by atoms with E-state index in [4.69, 9.17) is 0 Å². The highest BCUT2D eigenvalue weighted by Gasteiger charge is 2.16. The standard InChI is InChI=1S/C16H20BrNS/c1-10-6-5-7-11(2)13(10)9-14(18-4)15-8-12(3)16(17)19-15/h5-8,14,18H,9H2,1-4H3. The van der Waals surface area contributed by atoms with Gasteiger partial charge in [-0.05, 0) is 78.5 Å². The Kier molecular flexibility index (Phi) is 4.82. The molecule has 102 valence electrons. The van der Waals surface area contributed by atoms with Crippen molar-refractivity contribution in [2.24, 2.45) is 0 Å². The van der Waals surface area contributed by atoms with Crippen LogP contribution in [0.1, 0.15) is 33.2 Å². The van der Waals surface area contributed by atoms with Crippen molar-refractivity contribution >= 4 is 27.3 Å². The molecule has 1 N–H and O–H groups in total. The molecule has 0 aliphatic rings. The number of hydrogen-bond donors (Lipinski definition) is 1. The van der Waals surface area contributed by atoms with E-state index in [1.807, 2.05) is 18.4 Å². The number of nitrogens with one attached hydrogen (secondary N) is 1. The number of benzene rings is 1. The van der Waals surface area contributed by atoms with E-state index in [0.29, 0.717) is 6.04 Å². The topological polar surface area (TPSA) is 12.0 Å². The molecule has 0 bridgehead atoms. The molecule has 1 nitrogen and oxygen atoms in total. The number of thiophene rings is 1. The fourth-order valence-electron chi connectivity index (χ4n) is 2.38. The molecule has 0 saturated carbocycles. The molecule has 0 aliphatic carbocycles. The van der Waals surface area contributed by atoms with E-state index in [2.05, 4.69) is 66.3 Å². The molecule has 0 radical (unpaired) electrons. The molecule has 1 unspecified atom stereocenters. The van der Waals surface area contributed by atoms with Gasteiger partial charge in [0.25, 0.3) is 0 Å². The first kappa shape index (κ1) is 14.8. The van der Waals surface area contributed by atoms with Crippen molar-refractivity contribution in [1.29, 1.82) is 0 Å². The molecule has 0 fully saturated rings. The zero-order valence-electron chi connectivity index (χ0n) is 11.9. The van der Waals surface area contributed by atoms with Crippen molar-refractivity contribution < 1.29 is 0 Å². The van der Waals surface area contributed by atoms with Crippen molar-refractivity contribution in [2.45, 2.75) is 33.2 Å². The SMILES string of the molecule is CNC(Cc1c(C)cccc1C)c1cc(C)c(Br)s1. The first-order chi connectivity index (χ1) is 9.02. The summed E-state index contributed by atoms with van der Waals surface area (Å²) in [5, 5.41) is 3.45. The Morgan fingerprint density at radius 1 is 1.16 bits per heavy atom. The molecule has 2 rings (SSSR count). The van der Waals surface area contributed by atoms with Gasteiger partial charge < -0.3 is 5.32 Å². The van der Waals surface area contributed by atoms with E-state index in [9.17, 15) is 0 Å². The zero-order valence-corrected chi connectivity index (χ0v) is 14.3. The minimum atomic E-state index is 0.384. The third-order valence-corrected chi connectivity index (χ3v) is 5.87. The monoisotopic (exact) mass is 337 g/mol. The highest BCUT2D eigenvalue weighted by molar-refractivity contribution is 9.11. The molecule has 1 heterocycles. The number of aryl methyl sites for hydroxylation is 3. The molecule has 0 amide bonds. The van der Waals surface area contributed by atoms with E-state index in [1.54, 1.807) is 0 Å². The lowest BCUT2D eigenvalue weighted by Gasteiger charge is -2.18. The van der Waals surface area contributed by atoms with Crippen LogP contribution in [0.15, 0.2) is 28.1 Å². The fourth-order valence-corrected chi connectivity index (χ4v) is 4.06. The lowest BCUT2D eigenvalue weighted by Crippen LogP contribution is -2.18. The quantitative estimate of drug-likeness (QED) is 0.833. The molecule has 19 heavy (non-hydrogen) atoms. The summed E-state index contributed by atoms with van der Waals surface area (Å²) in [5.74, 6) is 0. The van der Waals surface area contributed by atoms with Crippen LogP contribution in [0.4, 0.5) is 0 Å². The molecular formula is C16H20BrNS. The lowest BCUT2D eigenvalue weighted by atomic mass is 9.96. The predicted octanol–water partition coefficient (Wildman–Crippen LogP) is 4.94. The van der Waals surface area contributed by atoms with Gasteiger partial charge in [-0.3, -0.25) is 0 Å². The summed E-state index contributed by atoms with van der Waals surface area (Å²) in [6.07, 6.45) is 1.04. The second-order valence-corrected chi connectivity index (χ2v) is 7.42. The van der Waals surface area contributed by atoms with Crippen LogP contribution in [0.5, 0.6) is 0 Å². The maximum Gasteiger partial charge on any atom is 0.0731 e. The second kappa shape index (κ2) is 6.21. The number of halogens is 1. The van der Waals surface area contributed by atoms with Gasteiger partial charge in [-0.15, -0.1) is 11.3 Å². The highest BCUT2D eigenvalue weighted by atomic mass is 79.9. The number of likely N-dealkylation sites (N-methyl/N-ethyl adjacent to an activating group) is 1. The molecule has 3 heteroatoms. The third-order valence-electron chi connectivity index (χ3n) is 3.62. The predicted molar refractivity (Wildman–Crippen MR) is 88.2 cm³/mol. The Hall–Kier alpha value is -0.640. The summed E-state index contributed by atoms with van der Waals surface area (Å²) in [6, 6.07) is 9.20. The van der Waals surface area contributed by atoms with E-state index in [1.165, 1.54) is 30.9 Å². The van der Waals surface area contributed by atoms with Crippen molar-refractivity contribution in [3.63, 3.8) is 0 Å². The van der Waals surface area contributed by atoms with E-state index in [-0.39, 0.29) is 0 Å². The van der Waals surface area contributed by atoms with Gasteiger partial charge >= 0.3 is 0 Å². The van der Waals surface area contributed by atoms with Gasteiger partial charge in [0, 0.05) is 10.9 Å². The third kappa shape index (κ3) is 3.28. The summed E-state index contributed by atoms with van der Waals surface area (Å²) in [6.45, 7) is 6.55. The maximum atomic E-state index is 3.62. The van der Waals surface area contributed by atoms with Crippen LogP contribution in [0, 0.1) is 20.8 Å². The van der Waals surface area contributed by atoms with Gasteiger partial charge in [0.1, 0.15) is 0 Å². The van der Waals surface area contributed by atoms with E-state index in [0.717, 1.165) is 6.42 Å². The van der Waals surface area contributed by atoms with Crippen LogP contribution in [-0.2, 0) is 6.42 Å². The summed E-state index contributed by atoms with van der Waals surface area (Å²) in [4.78, 5) is 1.40. The molecule has 1 atom stereocenters. The Bertz CT molecular complexity index is 534. The first-order valence-corrected chi connectivity index (χ1v) is 8.12. The molecule has 2 aromatic rings. The Labute approximate surface area is 128 Å². The lowest BCUT2D eigenvalue weighted by molar-refractivity contribution is 0.599.